The number of hydrogen-bond acceptors (Lipinski definition) is 4. The Morgan fingerprint density at radius 2 is 2.26 bits per heavy atom. The number of hydrogen-bond donors (Lipinski definition) is 1. The second-order valence-corrected chi connectivity index (χ2v) is 4.72. The lowest BCUT2D eigenvalue weighted by Crippen LogP contribution is -2.14. The molecule has 1 atom stereocenters. The molecule has 0 saturated carbocycles. The summed E-state index contributed by atoms with van der Waals surface area (Å²) in [4.78, 5) is 4.38. The molecule has 0 fully saturated rings. The molecule has 2 aromatic heterocycles. The molecule has 0 aliphatic heterocycles. The highest BCUT2D eigenvalue weighted by molar-refractivity contribution is 5.15. The van der Waals surface area contributed by atoms with Crippen LogP contribution in [0.1, 0.15) is 50.0 Å². The Morgan fingerprint density at radius 3 is 2.95 bits per heavy atom. The summed E-state index contributed by atoms with van der Waals surface area (Å²) < 4.78 is 7.33. The van der Waals surface area contributed by atoms with Crippen LogP contribution in [0.4, 0.5) is 0 Å². The van der Waals surface area contributed by atoms with Gasteiger partial charge in [-0.1, -0.05) is 19.0 Å². The Morgan fingerprint density at radius 1 is 1.42 bits per heavy atom. The average molecular weight is 262 g/mol. The van der Waals surface area contributed by atoms with Gasteiger partial charge in [-0.3, -0.25) is 0 Å². The van der Waals surface area contributed by atoms with Crippen LogP contribution in [-0.4, -0.2) is 21.8 Å². The lowest BCUT2D eigenvalue weighted by molar-refractivity contribution is 0.366. The molecule has 2 aromatic rings. The maximum absolute atomic E-state index is 5.25. The summed E-state index contributed by atoms with van der Waals surface area (Å²) in [5, 5.41) is 7.27. The van der Waals surface area contributed by atoms with Crippen molar-refractivity contribution in [2.75, 3.05) is 7.05 Å². The zero-order valence-electron chi connectivity index (χ0n) is 11.9. The normalized spacial score (nSPS) is 12.8. The van der Waals surface area contributed by atoms with Crippen LogP contribution in [0.25, 0.3) is 0 Å². The van der Waals surface area contributed by atoms with Crippen LogP contribution >= 0.6 is 0 Å². The van der Waals surface area contributed by atoms with Crippen molar-refractivity contribution in [3.8, 4) is 0 Å². The predicted molar refractivity (Wildman–Crippen MR) is 73.9 cm³/mol. The summed E-state index contributed by atoms with van der Waals surface area (Å²) >= 11 is 0. The van der Waals surface area contributed by atoms with Gasteiger partial charge in [-0.15, -0.1) is 0 Å². The van der Waals surface area contributed by atoms with E-state index in [4.69, 9.17) is 4.52 Å². The van der Waals surface area contributed by atoms with Gasteiger partial charge in [0, 0.05) is 24.9 Å². The molecule has 0 aliphatic carbocycles. The average Bonchev–Trinajstić information content (AvgIpc) is 3.02. The van der Waals surface area contributed by atoms with Crippen LogP contribution in [0.5, 0.6) is 0 Å². The van der Waals surface area contributed by atoms with E-state index in [1.807, 2.05) is 7.05 Å². The molecule has 2 rings (SSSR count). The van der Waals surface area contributed by atoms with E-state index in [9.17, 15) is 0 Å². The Balaban J connectivity index is 2.02. The quantitative estimate of drug-likeness (QED) is 0.833. The fourth-order valence-corrected chi connectivity index (χ4v) is 2.21. The summed E-state index contributed by atoms with van der Waals surface area (Å²) in [5.41, 5.74) is 1.29. The Hall–Kier alpha value is -1.62. The zero-order valence-corrected chi connectivity index (χ0v) is 11.9. The van der Waals surface area contributed by atoms with Crippen LogP contribution in [-0.2, 0) is 13.0 Å². The van der Waals surface area contributed by atoms with E-state index in [1.54, 1.807) is 0 Å². The third-order valence-electron chi connectivity index (χ3n) is 3.23. The van der Waals surface area contributed by atoms with E-state index in [2.05, 4.69) is 52.3 Å². The highest BCUT2D eigenvalue weighted by Gasteiger charge is 2.10. The molecule has 5 heteroatoms. The minimum absolute atomic E-state index is 0.402. The van der Waals surface area contributed by atoms with Crippen LogP contribution in [0.2, 0.25) is 0 Å². The first-order valence-electron chi connectivity index (χ1n) is 6.91. The van der Waals surface area contributed by atoms with E-state index < -0.39 is 0 Å². The van der Waals surface area contributed by atoms with Crippen molar-refractivity contribution >= 4 is 0 Å². The van der Waals surface area contributed by atoms with Gasteiger partial charge < -0.3 is 14.4 Å². The molecule has 104 valence electrons. The largest absolute Gasteiger partial charge is 0.345 e. The highest BCUT2D eigenvalue weighted by Crippen LogP contribution is 2.16. The molecule has 19 heavy (non-hydrogen) atoms. The first-order chi connectivity index (χ1) is 9.26. The second kappa shape index (κ2) is 6.52. The first-order valence-corrected chi connectivity index (χ1v) is 6.91. The van der Waals surface area contributed by atoms with Crippen molar-refractivity contribution in [3.05, 3.63) is 35.7 Å². The lowest BCUT2D eigenvalue weighted by Gasteiger charge is -2.11. The molecular weight excluding hydrogens is 240 g/mol. The van der Waals surface area contributed by atoms with Gasteiger partial charge in [-0.05, 0) is 31.5 Å². The van der Waals surface area contributed by atoms with Crippen molar-refractivity contribution in [3.63, 3.8) is 0 Å². The van der Waals surface area contributed by atoms with Crippen LogP contribution < -0.4 is 5.32 Å². The van der Waals surface area contributed by atoms with E-state index in [1.165, 1.54) is 5.56 Å². The summed E-state index contributed by atoms with van der Waals surface area (Å²) in [7, 11) is 1.99. The Bertz CT molecular complexity index is 499. The zero-order chi connectivity index (χ0) is 13.7. The van der Waals surface area contributed by atoms with E-state index in [-0.39, 0.29) is 0 Å². The van der Waals surface area contributed by atoms with Crippen molar-refractivity contribution in [1.29, 1.82) is 0 Å². The highest BCUT2D eigenvalue weighted by atomic mass is 16.5. The molecule has 0 amide bonds. The standard InChI is InChI=1S/C14H22N4O/c1-4-6-13-16-14(19-17-13)10-18-8-7-11(9-18)12(5-2)15-3/h7-9,12,15H,4-6,10H2,1-3H3. The molecule has 2 heterocycles. The van der Waals surface area contributed by atoms with Crippen molar-refractivity contribution in [2.24, 2.45) is 0 Å². The van der Waals surface area contributed by atoms with E-state index in [0.717, 1.165) is 25.1 Å². The minimum Gasteiger partial charge on any atom is -0.345 e. The molecule has 5 nitrogen and oxygen atoms in total. The van der Waals surface area contributed by atoms with Gasteiger partial charge in [0.2, 0.25) is 5.89 Å². The van der Waals surface area contributed by atoms with Crippen molar-refractivity contribution in [2.45, 2.75) is 45.7 Å². The molecular formula is C14H22N4O. The maximum Gasteiger partial charge on any atom is 0.246 e. The smallest absolute Gasteiger partial charge is 0.246 e. The molecule has 0 spiro atoms. The molecule has 0 saturated heterocycles. The van der Waals surface area contributed by atoms with Gasteiger partial charge in [0.1, 0.15) is 6.54 Å². The number of aryl methyl sites for hydroxylation is 1. The van der Waals surface area contributed by atoms with Gasteiger partial charge in [0.05, 0.1) is 0 Å². The number of rotatable bonds is 7. The van der Waals surface area contributed by atoms with Gasteiger partial charge in [-0.2, -0.15) is 4.98 Å². The summed E-state index contributed by atoms with van der Waals surface area (Å²) in [6, 6.07) is 2.54. The predicted octanol–water partition coefficient (Wildman–Crippen LogP) is 2.54. The Kier molecular flexibility index (Phi) is 4.74. The van der Waals surface area contributed by atoms with E-state index >= 15 is 0 Å². The summed E-state index contributed by atoms with van der Waals surface area (Å²) in [5.74, 6) is 1.47. The minimum atomic E-state index is 0.402. The molecule has 0 aliphatic rings. The fraction of sp³-hybridized carbons (Fsp3) is 0.571. The lowest BCUT2D eigenvalue weighted by atomic mass is 10.1. The van der Waals surface area contributed by atoms with Crippen LogP contribution in [0.15, 0.2) is 23.0 Å². The number of nitrogens with zero attached hydrogens (tertiary/aromatic N) is 3. The molecule has 0 aromatic carbocycles. The molecule has 0 radical (unpaired) electrons. The summed E-state index contributed by atoms with van der Waals surface area (Å²) in [6.45, 7) is 4.92. The SMILES string of the molecule is CCCc1noc(Cn2ccc(C(CC)NC)c2)n1. The van der Waals surface area contributed by atoms with E-state index in [0.29, 0.717) is 18.5 Å². The molecule has 1 N–H and O–H groups in total. The maximum atomic E-state index is 5.25. The van der Waals surface area contributed by atoms with Crippen molar-refractivity contribution in [1.82, 2.24) is 20.0 Å². The Labute approximate surface area is 114 Å². The van der Waals surface area contributed by atoms with Gasteiger partial charge in [0.25, 0.3) is 0 Å². The van der Waals surface area contributed by atoms with Crippen LogP contribution in [0, 0.1) is 0 Å². The van der Waals surface area contributed by atoms with Gasteiger partial charge >= 0.3 is 0 Å². The monoisotopic (exact) mass is 262 g/mol. The number of nitrogens with one attached hydrogen (secondary N) is 1. The molecule has 0 bridgehead atoms. The van der Waals surface area contributed by atoms with Crippen LogP contribution in [0.3, 0.4) is 0 Å². The fourth-order valence-electron chi connectivity index (χ4n) is 2.21. The first kappa shape index (κ1) is 13.8. The van der Waals surface area contributed by atoms with Gasteiger partial charge in [0.15, 0.2) is 5.82 Å². The third kappa shape index (κ3) is 3.44. The van der Waals surface area contributed by atoms with Gasteiger partial charge in [-0.25, -0.2) is 0 Å². The van der Waals surface area contributed by atoms with Crippen molar-refractivity contribution < 1.29 is 4.52 Å². The number of aromatic nitrogens is 3. The molecule has 1 unspecified atom stereocenters. The third-order valence-corrected chi connectivity index (χ3v) is 3.23. The summed E-state index contributed by atoms with van der Waals surface area (Å²) in [6.07, 6.45) is 7.17. The topological polar surface area (TPSA) is 55.9 Å². The second-order valence-electron chi connectivity index (χ2n) is 4.72.